The summed E-state index contributed by atoms with van der Waals surface area (Å²) < 4.78 is 2.61. The number of nitrogens with two attached hydrogens (primary N) is 1. The zero-order valence-electron chi connectivity index (χ0n) is 13.5. The summed E-state index contributed by atoms with van der Waals surface area (Å²) in [5.41, 5.74) is 4.42. The average molecular weight is 370 g/mol. The number of benzene rings is 2. The molecule has 1 aromatic heterocycles. The second-order valence-electron chi connectivity index (χ2n) is 6.68. The van der Waals surface area contributed by atoms with Crippen LogP contribution in [0.2, 0.25) is 0 Å². The molecule has 0 saturated carbocycles. The molecule has 0 aliphatic heterocycles. The first-order valence-electron chi connectivity index (χ1n) is 7.56. The fraction of sp³-hybridized carbons (Fsp3) is 0.211. The summed E-state index contributed by atoms with van der Waals surface area (Å²) in [5.74, 6) is 6.86. The van der Waals surface area contributed by atoms with Crippen molar-refractivity contribution in [2.75, 3.05) is 5.84 Å². The number of aromatic nitrogens is 2. The highest BCUT2D eigenvalue weighted by molar-refractivity contribution is 9.10. The Morgan fingerprint density at radius 1 is 1.04 bits per heavy atom. The molecule has 2 aromatic carbocycles. The molecule has 2 N–H and O–H groups in total. The average Bonchev–Trinajstić information content (AvgIpc) is 2.80. The van der Waals surface area contributed by atoms with Gasteiger partial charge >= 0.3 is 0 Å². The van der Waals surface area contributed by atoms with Crippen LogP contribution in [0.15, 0.2) is 46.9 Å². The first kappa shape index (κ1) is 15.8. The lowest BCUT2D eigenvalue weighted by atomic mass is 9.87. The van der Waals surface area contributed by atoms with Crippen molar-refractivity contribution in [2.24, 2.45) is 0 Å². The predicted octanol–water partition coefficient (Wildman–Crippen LogP) is 4.98. The number of hydrogen-bond acceptors (Lipinski definition) is 2. The van der Waals surface area contributed by atoms with E-state index in [0.29, 0.717) is 0 Å². The zero-order valence-corrected chi connectivity index (χ0v) is 15.1. The fourth-order valence-corrected chi connectivity index (χ4v) is 2.82. The van der Waals surface area contributed by atoms with Crippen molar-refractivity contribution in [3.8, 4) is 0 Å². The van der Waals surface area contributed by atoms with E-state index in [1.165, 1.54) is 5.56 Å². The van der Waals surface area contributed by atoms with E-state index < -0.39 is 0 Å². The van der Waals surface area contributed by atoms with Crippen LogP contribution in [0.3, 0.4) is 0 Å². The van der Waals surface area contributed by atoms with Gasteiger partial charge in [0.05, 0.1) is 11.0 Å². The second kappa shape index (κ2) is 5.85. The quantitative estimate of drug-likeness (QED) is 0.647. The van der Waals surface area contributed by atoms with Crippen LogP contribution < -0.4 is 5.84 Å². The number of hydrogen-bond donors (Lipinski definition) is 1. The van der Waals surface area contributed by atoms with Gasteiger partial charge in [-0.15, -0.1) is 0 Å². The lowest BCUT2D eigenvalue weighted by molar-refractivity contribution is 0.590. The van der Waals surface area contributed by atoms with Crippen LogP contribution in [-0.4, -0.2) is 9.66 Å². The normalized spacial score (nSPS) is 12.3. The first-order chi connectivity index (χ1) is 10.8. The van der Waals surface area contributed by atoms with Crippen LogP contribution in [0.1, 0.15) is 37.7 Å². The van der Waals surface area contributed by atoms with E-state index in [-0.39, 0.29) is 5.41 Å². The molecule has 0 spiro atoms. The summed E-state index contributed by atoms with van der Waals surface area (Å²) in [6.45, 7) is 6.65. The second-order valence-corrected chi connectivity index (χ2v) is 7.59. The van der Waals surface area contributed by atoms with Crippen LogP contribution >= 0.6 is 15.9 Å². The number of imidazole rings is 1. The Bertz CT molecular complexity index is 868. The molecule has 0 aliphatic rings. The molecular weight excluding hydrogens is 350 g/mol. The number of halogens is 1. The van der Waals surface area contributed by atoms with Gasteiger partial charge in [-0.1, -0.05) is 67.0 Å². The van der Waals surface area contributed by atoms with Crippen molar-refractivity contribution in [1.29, 1.82) is 0 Å². The summed E-state index contributed by atoms with van der Waals surface area (Å²) in [5, 5.41) is 0. The smallest absolute Gasteiger partial charge is 0.152 e. The molecule has 0 unspecified atom stereocenters. The maximum atomic E-state index is 6.12. The molecule has 3 rings (SSSR count). The molecule has 0 atom stereocenters. The monoisotopic (exact) mass is 369 g/mol. The van der Waals surface area contributed by atoms with Crippen LogP contribution in [0.5, 0.6) is 0 Å². The van der Waals surface area contributed by atoms with E-state index in [2.05, 4.69) is 66.0 Å². The van der Waals surface area contributed by atoms with Crippen molar-refractivity contribution in [2.45, 2.75) is 26.2 Å². The van der Waals surface area contributed by atoms with Gasteiger partial charge in [-0.05, 0) is 40.8 Å². The summed E-state index contributed by atoms with van der Waals surface area (Å²) in [6.07, 6.45) is 3.98. The van der Waals surface area contributed by atoms with E-state index in [1.807, 2.05) is 30.4 Å². The number of rotatable bonds is 2. The summed E-state index contributed by atoms with van der Waals surface area (Å²) in [6, 6.07) is 14.5. The van der Waals surface area contributed by atoms with E-state index >= 15 is 0 Å². The third kappa shape index (κ3) is 3.32. The molecule has 1 heterocycles. The third-order valence-electron chi connectivity index (χ3n) is 3.88. The molecule has 4 heteroatoms. The molecule has 0 saturated heterocycles. The molecule has 3 nitrogen and oxygen atoms in total. The highest BCUT2D eigenvalue weighted by Gasteiger charge is 2.12. The van der Waals surface area contributed by atoms with Crippen molar-refractivity contribution >= 4 is 39.1 Å². The van der Waals surface area contributed by atoms with E-state index in [9.17, 15) is 0 Å². The van der Waals surface area contributed by atoms with Gasteiger partial charge < -0.3 is 5.84 Å². The standard InChI is InChI=1S/C19H20BrN3/c1-19(2,3)14-7-4-13(5-8-14)6-11-18-22-16-12-15(20)9-10-17(16)23(18)21/h4-12H,21H2,1-3H3. The third-order valence-corrected chi connectivity index (χ3v) is 4.37. The Labute approximate surface area is 144 Å². The SMILES string of the molecule is CC(C)(C)c1ccc(C=Cc2nc3cc(Br)ccc3n2N)cc1. The van der Waals surface area contributed by atoms with Crippen molar-refractivity contribution < 1.29 is 0 Å². The summed E-state index contributed by atoms with van der Waals surface area (Å²) >= 11 is 3.46. The maximum absolute atomic E-state index is 6.12. The Kier molecular flexibility index (Phi) is 4.02. The topological polar surface area (TPSA) is 43.8 Å². The largest absolute Gasteiger partial charge is 0.337 e. The molecule has 0 aliphatic carbocycles. The molecule has 0 amide bonds. The van der Waals surface area contributed by atoms with Gasteiger partial charge in [-0.2, -0.15) is 0 Å². The van der Waals surface area contributed by atoms with E-state index in [4.69, 9.17) is 5.84 Å². The summed E-state index contributed by atoms with van der Waals surface area (Å²) in [4.78, 5) is 4.57. The van der Waals surface area contributed by atoms with Gasteiger partial charge in [-0.3, -0.25) is 0 Å². The van der Waals surface area contributed by atoms with Crippen LogP contribution in [0.4, 0.5) is 0 Å². The number of nitrogens with zero attached hydrogens (tertiary/aromatic N) is 2. The van der Waals surface area contributed by atoms with E-state index in [0.717, 1.165) is 26.9 Å². The van der Waals surface area contributed by atoms with Crippen LogP contribution in [-0.2, 0) is 5.41 Å². The summed E-state index contributed by atoms with van der Waals surface area (Å²) in [7, 11) is 0. The minimum absolute atomic E-state index is 0.168. The Morgan fingerprint density at radius 2 is 1.74 bits per heavy atom. The molecule has 0 fully saturated rings. The lowest BCUT2D eigenvalue weighted by Crippen LogP contribution is -2.10. The van der Waals surface area contributed by atoms with Crippen molar-refractivity contribution in [3.05, 3.63) is 63.9 Å². The van der Waals surface area contributed by atoms with Crippen LogP contribution in [0.25, 0.3) is 23.2 Å². The number of fused-ring (bicyclic) bond motifs is 1. The minimum atomic E-state index is 0.168. The molecule has 118 valence electrons. The lowest BCUT2D eigenvalue weighted by Gasteiger charge is -2.18. The molecule has 23 heavy (non-hydrogen) atoms. The van der Waals surface area contributed by atoms with Gasteiger partial charge in [-0.25, -0.2) is 9.66 Å². The van der Waals surface area contributed by atoms with Gasteiger partial charge in [0.15, 0.2) is 5.82 Å². The van der Waals surface area contributed by atoms with Gasteiger partial charge in [0, 0.05) is 4.47 Å². The Balaban J connectivity index is 1.89. The maximum Gasteiger partial charge on any atom is 0.152 e. The minimum Gasteiger partial charge on any atom is -0.337 e. The van der Waals surface area contributed by atoms with Crippen molar-refractivity contribution in [1.82, 2.24) is 9.66 Å². The van der Waals surface area contributed by atoms with Crippen LogP contribution in [0, 0.1) is 0 Å². The highest BCUT2D eigenvalue weighted by atomic mass is 79.9. The predicted molar refractivity (Wildman–Crippen MR) is 102 cm³/mol. The fourth-order valence-electron chi connectivity index (χ4n) is 2.47. The number of nitrogen functional groups attached to an aromatic ring is 1. The van der Waals surface area contributed by atoms with E-state index in [1.54, 1.807) is 4.68 Å². The molecule has 0 bridgehead atoms. The molecule has 3 aromatic rings. The van der Waals surface area contributed by atoms with Crippen molar-refractivity contribution in [3.63, 3.8) is 0 Å². The highest BCUT2D eigenvalue weighted by Crippen LogP contribution is 2.23. The molecule has 0 radical (unpaired) electrons. The van der Waals surface area contributed by atoms with Gasteiger partial charge in [0.2, 0.25) is 0 Å². The van der Waals surface area contributed by atoms with Gasteiger partial charge in [0.1, 0.15) is 0 Å². The Hall–Kier alpha value is -2.07. The zero-order chi connectivity index (χ0) is 16.6. The van der Waals surface area contributed by atoms with Gasteiger partial charge in [0.25, 0.3) is 0 Å². The first-order valence-corrected chi connectivity index (χ1v) is 8.35. The molecular formula is C19H20BrN3. The Morgan fingerprint density at radius 3 is 2.39 bits per heavy atom.